The lowest BCUT2D eigenvalue weighted by Crippen LogP contribution is -2.68. The van der Waals surface area contributed by atoms with Gasteiger partial charge in [-0.2, -0.15) is 13.2 Å². The Morgan fingerprint density at radius 3 is 2.07 bits per heavy atom. The number of amides is 1. The maximum absolute atomic E-state index is 14.6. The van der Waals surface area contributed by atoms with E-state index in [0.29, 0.717) is 39.3 Å². The van der Waals surface area contributed by atoms with Crippen LogP contribution in [0.4, 0.5) is 13.2 Å². The molecule has 1 aromatic heterocycles. The van der Waals surface area contributed by atoms with Crippen LogP contribution in [0.2, 0.25) is 5.04 Å². The largest absolute Gasteiger partial charge is 0.534 e. The first-order valence-corrected chi connectivity index (χ1v) is 22.8. The van der Waals surface area contributed by atoms with Crippen LogP contribution in [0.3, 0.4) is 0 Å². The Hall–Kier alpha value is -4.72. The summed E-state index contributed by atoms with van der Waals surface area (Å²) in [6.07, 6.45) is -0.739. The average molecular weight is 839 g/mol. The molecule has 1 amide bonds. The third-order valence-electron chi connectivity index (χ3n) is 11.9. The van der Waals surface area contributed by atoms with E-state index >= 15 is 0 Å². The minimum atomic E-state index is -4.62. The number of hydrogen-bond donors (Lipinski definition) is 0. The molecule has 2 aliphatic rings. The highest BCUT2D eigenvalue weighted by atomic mass is 28.4. The van der Waals surface area contributed by atoms with Crippen LogP contribution in [0, 0.1) is 6.92 Å². The van der Waals surface area contributed by atoms with Crippen molar-refractivity contribution in [3.8, 4) is 11.4 Å². The molecule has 318 valence electrons. The predicted octanol–water partition coefficient (Wildman–Crippen LogP) is 7.46. The number of alkyl halides is 3. The first-order chi connectivity index (χ1) is 28.7. The van der Waals surface area contributed by atoms with Crippen LogP contribution in [-0.2, 0) is 22.1 Å². The maximum Gasteiger partial charge on any atom is 0.416 e. The highest BCUT2D eigenvalue weighted by molar-refractivity contribution is 7.00. The van der Waals surface area contributed by atoms with Crippen molar-refractivity contribution in [1.82, 2.24) is 19.3 Å². The molecule has 5 aromatic rings. The van der Waals surface area contributed by atoms with Gasteiger partial charge >= 0.3 is 14.5 Å². The summed E-state index contributed by atoms with van der Waals surface area (Å²) in [4.78, 5) is 21.2. The Labute approximate surface area is 353 Å². The normalized spacial score (nSPS) is 18.4. The van der Waals surface area contributed by atoms with Gasteiger partial charge in [0.2, 0.25) is 0 Å². The SMILES string of the molecule is COC[C@@H]1CN(CCN2CCN(C(=O)c3cc(-n4cccc4)cc(C(F)(F)F)c3)[C@H](Cc3ccc(C)c(O[Si](c4ccccc4)(c4ccccc4)C(C)(C)C)c3)C2)CCO1. The third kappa shape index (κ3) is 9.74. The fraction of sp³-hybridized carbons (Fsp3) is 0.396. The fourth-order valence-corrected chi connectivity index (χ4v) is 13.3. The number of halogens is 3. The lowest BCUT2D eigenvalue weighted by atomic mass is 9.99. The molecule has 2 atom stereocenters. The minimum Gasteiger partial charge on any atom is -0.534 e. The van der Waals surface area contributed by atoms with E-state index in [1.165, 1.54) is 10.4 Å². The first kappa shape index (κ1) is 43.4. The molecule has 0 bridgehead atoms. The van der Waals surface area contributed by atoms with Crippen LogP contribution in [0.5, 0.6) is 5.75 Å². The maximum atomic E-state index is 14.6. The second-order valence-electron chi connectivity index (χ2n) is 17.1. The Morgan fingerprint density at radius 2 is 1.45 bits per heavy atom. The Morgan fingerprint density at radius 1 is 0.800 bits per heavy atom. The molecule has 0 N–H and O–H groups in total. The molecule has 2 saturated heterocycles. The van der Waals surface area contributed by atoms with E-state index in [2.05, 4.69) is 104 Å². The second-order valence-corrected chi connectivity index (χ2v) is 21.3. The number of nitrogens with zero attached hydrogens (tertiary/aromatic N) is 4. The van der Waals surface area contributed by atoms with Crippen molar-refractivity contribution in [3.05, 3.63) is 144 Å². The smallest absolute Gasteiger partial charge is 0.416 e. The monoisotopic (exact) mass is 838 g/mol. The molecule has 3 heterocycles. The number of carbonyl (C=O) groups is 1. The summed E-state index contributed by atoms with van der Waals surface area (Å²) in [5.41, 5.74) is 1.45. The molecule has 0 spiro atoms. The van der Waals surface area contributed by atoms with Gasteiger partial charge in [-0.1, -0.05) is 93.6 Å². The van der Waals surface area contributed by atoms with Gasteiger partial charge in [0.15, 0.2) is 0 Å². The molecule has 0 aliphatic carbocycles. The number of carbonyl (C=O) groups excluding carboxylic acids is 1. The van der Waals surface area contributed by atoms with Gasteiger partial charge in [0.25, 0.3) is 5.91 Å². The average Bonchev–Trinajstić information content (AvgIpc) is 3.79. The van der Waals surface area contributed by atoms with E-state index in [1.807, 2.05) is 12.1 Å². The van der Waals surface area contributed by atoms with Gasteiger partial charge in [-0.25, -0.2) is 0 Å². The van der Waals surface area contributed by atoms with E-state index in [-0.39, 0.29) is 28.4 Å². The second kappa shape index (κ2) is 18.5. The van der Waals surface area contributed by atoms with Gasteiger partial charge in [0.05, 0.1) is 24.9 Å². The van der Waals surface area contributed by atoms with Gasteiger partial charge in [-0.15, -0.1) is 0 Å². The number of benzene rings is 4. The number of methoxy groups -OCH3 is 1. The summed E-state index contributed by atoms with van der Waals surface area (Å²) in [5.74, 6) is 0.380. The van der Waals surface area contributed by atoms with Crippen molar-refractivity contribution in [3.63, 3.8) is 0 Å². The number of hydrogen-bond acceptors (Lipinski definition) is 6. The highest BCUT2D eigenvalue weighted by Gasteiger charge is 2.52. The van der Waals surface area contributed by atoms with Crippen molar-refractivity contribution >= 4 is 24.6 Å². The summed E-state index contributed by atoms with van der Waals surface area (Å²) in [6, 6.07) is 34.2. The van der Waals surface area contributed by atoms with Gasteiger partial charge in [-0.05, 0) is 76.3 Å². The molecular formula is C48H57F3N4O4Si. The molecule has 4 aromatic carbocycles. The molecule has 0 radical (unpaired) electrons. The Kier molecular flexibility index (Phi) is 13.4. The van der Waals surface area contributed by atoms with Gasteiger partial charge in [0.1, 0.15) is 5.75 Å². The zero-order chi connectivity index (χ0) is 42.5. The van der Waals surface area contributed by atoms with Gasteiger partial charge in [0, 0.05) is 82.6 Å². The van der Waals surface area contributed by atoms with E-state index < -0.39 is 26.0 Å². The van der Waals surface area contributed by atoms with E-state index in [9.17, 15) is 18.0 Å². The number of aryl methyl sites for hydroxylation is 1. The first-order valence-electron chi connectivity index (χ1n) is 20.9. The lowest BCUT2D eigenvalue weighted by Gasteiger charge is -2.44. The number of piperazine rings is 1. The van der Waals surface area contributed by atoms with Crippen LogP contribution in [0.15, 0.2) is 122 Å². The molecule has 7 rings (SSSR count). The van der Waals surface area contributed by atoms with Crippen molar-refractivity contribution in [1.29, 1.82) is 0 Å². The summed E-state index contributed by atoms with van der Waals surface area (Å²) < 4.78 is 63.3. The molecule has 60 heavy (non-hydrogen) atoms. The zero-order valence-electron chi connectivity index (χ0n) is 35.3. The summed E-state index contributed by atoms with van der Waals surface area (Å²) in [6.45, 7) is 14.8. The highest BCUT2D eigenvalue weighted by Crippen LogP contribution is 2.39. The van der Waals surface area contributed by atoms with Gasteiger partial charge in [-0.3, -0.25) is 14.6 Å². The molecule has 2 aliphatic heterocycles. The standard InChI is InChI=1S/C48H57F3N4O4Si/c1-36-18-19-37(29-45(36)59-60(47(2,3)4,43-14-8-6-9-15-43)44-16-10-7-11-17-44)28-41-33-52(22-23-53-26-27-58-42(34-53)35-57-5)24-25-55(41)46(56)38-30-39(48(49,50)51)32-40(31-38)54-20-12-13-21-54/h6-21,29-32,41-42H,22-28,33-35H2,1-5H3/t41-,42+/m1/s1. The topological polar surface area (TPSA) is 59.4 Å². The fourth-order valence-electron chi connectivity index (χ4n) is 8.81. The molecule has 8 nitrogen and oxygen atoms in total. The van der Waals surface area contributed by atoms with Crippen LogP contribution in [0.25, 0.3) is 5.69 Å². The molecule has 2 fully saturated rings. The Balaban J connectivity index is 1.22. The van der Waals surface area contributed by atoms with E-state index in [1.54, 1.807) is 47.2 Å². The number of aromatic nitrogens is 1. The quantitative estimate of drug-likeness (QED) is 0.115. The van der Waals surface area contributed by atoms with E-state index in [0.717, 1.165) is 55.2 Å². The summed E-state index contributed by atoms with van der Waals surface area (Å²) in [5, 5.41) is 2.09. The van der Waals surface area contributed by atoms with Crippen molar-refractivity contribution in [2.24, 2.45) is 0 Å². The van der Waals surface area contributed by atoms with Crippen LogP contribution < -0.4 is 14.8 Å². The summed E-state index contributed by atoms with van der Waals surface area (Å²) in [7, 11) is -1.28. The molecular weight excluding hydrogens is 782 g/mol. The molecule has 0 saturated carbocycles. The van der Waals surface area contributed by atoms with Crippen molar-refractivity contribution < 1.29 is 31.9 Å². The van der Waals surface area contributed by atoms with Crippen LogP contribution in [-0.4, -0.2) is 112 Å². The number of rotatable bonds is 13. The van der Waals surface area contributed by atoms with Crippen molar-refractivity contribution in [2.45, 2.75) is 57.5 Å². The van der Waals surface area contributed by atoms with E-state index in [4.69, 9.17) is 13.9 Å². The minimum absolute atomic E-state index is 0.0177. The summed E-state index contributed by atoms with van der Waals surface area (Å²) >= 11 is 0. The third-order valence-corrected chi connectivity index (χ3v) is 16.9. The predicted molar refractivity (Wildman–Crippen MR) is 233 cm³/mol. The molecule has 12 heteroatoms. The van der Waals surface area contributed by atoms with Crippen LogP contribution in [0.1, 0.15) is 47.8 Å². The number of ether oxygens (including phenoxy) is 2. The Bertz CT molecular complexity index is 2140. The number of morpholine rings is 1. The van der Waals surface area contributed by atoms with Gasteiger partial charge < -0.3 is 23.4 Å². The van der Waals surface area contributed by atoms with Crippen LogP contribution >= 0.6 is 0 Å². The zero-order valence-corrected chi connectivity index (χ0v) is 36.3. The van der Waals surface area contributed by atoms with Crippen molar-refractivity contribution in [2.75, 3.05) is 66.1 Å². The molecule has 0 unspecified atom stereocenters. The lowest BCUT2D eigenvalue weighted by molar-refractivity contribution is -0.137.